The maximum Gasteiger partial charge on any atom is 0.310 e. The van der Waals surface area contributed by atoms with Crippen LogP contribution in [0.25, 0.3) is 0 Å². The Hall–Kier alpha value is -0.610. The van der Waals surface area contributed by atoms with Gasteiger partial charge in [0.1, 0.15) is 0 Å². The van der Waals surface area contributed by atoms with E-state index < -0.39 is 11.4 Å². The van der Waals surface area contributed by atoms with Crippen LogP contribution in [0.4, 0.5) is 0 Å². The Labute approximate surface area is 97.3 Å². The summed E-state index contributed by atoms with van der Waals surface area (Å²) in [6.45, 7) is 4.66. The molecule has 1 fully saturated rings. The average Bonchev–Trinajstić information content (AvgIpc) is 2.27. The Kier molecular flexibility index (Phi) is 5.22. The molecule has 1 rings (SSSR count). The largest absolute Gasteiger partial charge is 0.481 e. The van der Waals surface area contributed by atoms with Crippen LogP contribution in [0.1, 0.15) is 39.0 Å². The van der Waals surface area contributed by atoms with E-state index in [2.05, 4.69) is 4.90 Å². The third-order valence-corrected chi connectivity index (χ3v) is 3.47. The fourth-order valence-electron chi connectivity index (χ4n) is 2.68. The Morgan fingerprint density at radius 3 is 2.81 bits per heavy atom. The van der Waals surface area contributed by atoms with Gasteiger partial charge in [0, 0.05) is 19.7 Å². The van der Waals surface area contributed by atoms with Crippen molar-refractivity contribution < 1.29 is 15.0 Å². The van der Waals surface area contributed by atoms with Gasteiger partial charge in [-0.25, -0.2) is 0 Å². The third-order valence-electron chi connectivity index (χ3n) is 3.47. The van der Waals surface area contributed by atoms with E-state index in [4.69, 9.17) is 5.11 Å². The molecule has 4 nitrogen and oxygen atoms in total. The van der Waals surface area contributed by atoms with Crippen molar-refractivity contribution in [3.63, 3.8) is 0 Å². The minimum absolute atomic E-state index is 0.185. The SMILES string of the molecule is CCCC1(C(=O)O)CCCN(CCCO)C1. The van der Waals surface area contributed by atoms with Gasteiger partial charge >= 0.3 is 5.97 Å². The van der Waals surface area contributed by atoms with Crippen molar-refractivity contribution in [2.24, 2.45) is 5.41 Å². The topological polar surface area (TPSA) is 60.8 Å². The van der Waals surface area contributed by atoms with E-state index in [0.29, 0.717) is 6.54 Å². The van der Waals surface area contributed by atoms with Crippen molar-refractivity contribution in [3.05, 3.63) is 0 Å². The lowest BCUT2D eigenvalue weighted by Crippen LogP contribution is -2.48. The minimum atomic E-state index is -0.650. The number of hydrogen-bond donors (Lipinski definition) is 2. The molecule has 1 saturated heterocycles. The summed E-state index contributed by atoms with van der Waals surface area (Å²) in [5.41, 5.74) is -0.539. The number of aliphatic hydroxyl groups excluding tert-OH is 1. The van der Waals surface area contributed by atoms with Crippen molar-refractivity contribution in [3.8, 4) is 0 Å². The monoisotopic (exact) mass is 229 g/mol. The van der Waals surface area contributed by atoms with E-state index in [9.17, 15) is 9.90 Å². The van der Waals surface area contributed by atoms with Crippen molar-refractivity contribution in [1.82, 2.24) is 4.90 Å². The first kappa shape index (κ1) is 13.5. The van der Waals surface area contributed by atoms with Gasteiger partial charge in [-0.3, -0.25) is 4.79 Å². The van der Waals surface area contributed by atoms with E-state index in [1.54, 1.807) is 0 Å². The van der Waals surface area contributed by atoms with Gasteiger partial charge in [-0.15, -0.1) is 0 Å². The molecule has 0 amide bonds. The molecule has 1 aliphatic rings. The molecule has 0 aliphatic carbocycles. The van der Waals surface area contributed by atoms with Gasteiger partial charge in [0.15, 0.2) is 0 Å². The number of likely N-dealkylation sites (tertiary alicyclic amines) is 1. The maximum absolute atomic E-state index is 11.4. The van der Waals surface area contributed by atoms with Crippen LogP contribution in [-0.2, 0) is 4.79 Å². The molecular weight excluding hydrogens is 206 g/mol. The quantitative estimate of drug-likeness (QED) is 0.721. The average molecular weight is 229 g/mol. The minimum Gasteiger partial charge on any atom is -0.481 e. The lowest BCUT2D eigenvalue weighted by Gasteiger charge is -2.39. The first-order chi connectivity index (χ1) is 7.64. The van der Waals surface area contributed by atoms with Crippen molar-refractivity contribution in [2.75, 3.05) is 26.2 Å². The fraction of sp³-hybridized carbons (Fsp3) is 0.917. The fourth-order valence-corrected chi connectivity index (χ4v) is 2.68. The molecule has 0 aromatic heterocycles. The van der Waals surface area contributed by atoms with Gasteiger partial charge in [-0.05, 0) is 32.2 Å². The molecule has 1 unspecified atom stereocenters. The summed E-state index contributed by atoms with van der Waals surface area (Å²) in [6.07, 6.45) is 4.17. The number of rotatable bonds is 6. The molecule has 0 bridgehead atoms. The summed E-state index contributed by atoms with van der Waals surface area (Å²) < 4.78 is 0. The van der Waals surface area contributed by atoms with Gasteiger partial charge in [0.05, 0.1) is 5.41 Å². The zero-order valence-electron chi connectivity index (χ0n) is 10.1. The van der Waals surface area contributed by atoms with Gasteiger partial charge < -0.3 is 15.1 Å². The Morgan fingerprint density at radius 2 is 2.25 bits per heavy atom. The third kappa shape index (κ3) is 3.19. The molecule has 0 radical (unpaired) electrons. The van der Waals surface area contributed by atoms with Crippen LogP contribution >= 0.6 is 0 Å². The summed E-state index contributed by atoms with van der Waals surface area (Å²) in [5, 5.41) is 18.2. The van der Waals surface area contributed by atoms with Gasteiger partial charge in [0.2, 0.25) is 0 Å². The first-order valence-corrected chi connectivity index (χ1v) is 6.21. The predicted molar refractivity (Wildman–Crippen MR) is 62.4 cm³/mol. The molecule has 2 N–H and O–H groups in total. The summed E-state index contributed by atoms with van der Waals surface area (Å²) in [6, 6.07) is 0. The Bertz CT molecular complexity index is 228. The maximum atomic E-state index is 11.4. The number of nitrogens with zero attached hydrogens (tertiary/aromatic N) is 1. The number of aliphatic hydroxyl groups is 1. The van der Waals surface area contributed by atoms with Crippen molar-refractivity contribution in [1.29, 1.82) is 0 Å². The second kappa shape index (κ2) is 6.21. The van der Waals surface area contributed by atoms with Crippen molar-refractivity contribution in [2.45, 2.75) is 39.0 Å². The molecule has 0 aromatic carbocycles. The van der Waals surface area contributed by atoms with E-state index in [1.165, 1.54) is 0 Å². The van der Waals surface area contributed by atoms with Crippen LogP contribution in [0, 0.1) is 5.41 Å². The van der Waals surface area contributed by atoms with Crippen LogP contribution in [-0.4, -0.2) is 47.3 Å². The molecule has 0 aromatic rings. The second-order valence-electron chi connectivity index (χ2n) is 4.79. The zero-order valence-corrected chi connectivity index (χ0v) is 10.1. The molecular formula is C12H23NO3. The molecule has 0 spiro atoms. The molecule has 1 atom stereocenters. The van der Waals surface area contributed by atoms with Crippen LogP contribution in [0.3, 0.4) is 0 Å². The van der Waals surface area contributed by atoms with Crippen LogP contribution in [0.2, 0.25) is 0 Å². The Balaban J connectivity index is 2.60. The predicted octanol–water partition coefficient (Wildman–Crippen LogP) is 1.34. The standard InChI is InChI=1S/C12H23NO3/c1-2-5-12(11(15)16)6-3-7-13(10-12)8-4-9-14/h14H,2-10H2,1H3,(H,15,16). The lowest BCUT2D eigenvalue weighted by atomic mass is 9.76. The number of carboxylic acids is 1. The van der Waals surface area contributed by atoms with Gasteiger partial charge in [-0.2, -0.15) is 0 Å². The molecule has 94 valence electrons. The molecule has 4 heteroatoms. The second-order valence-corrected chi connectivity index (χ2v) is 4.79. The normalized spacial score (nSPS) is 26.9. The Morgan fingerprint density at radius 1 is 1.50 bits per heavy atom. The highest BCUT2D eigenvalue weighted by atomic mass is 16.4. The van der Waals surface area contributed by atoms with Gasteiger partial charge in [-0.1, -0.05) is 13.3 Å². The highest BCUT2D eigenvalue weighted by molar-refractivity contribution is 5.75. The number of piperidine rings is 1. The van der Waals surface area contributed by atoms with E-state index in [-0.39, 0.29) is 6.61 Å². The first-order valence-electron chi connectivity index (χ1n) is 6.21. The van der Waals surface area contributed by atoms with Crippen molar-refractivity contribution >= 4 is 5.97 Å². The van der Waals surface area contributed by atoms with E-state index in [1.807, 2.05) is 6.92 Å². The summed E-state index contributed by atoms with van der Waals surface area (Å²) in [7, 11) is 0. The highest BCUT2D eigenvalue weighted by Gasteiger charge is 2.41. The molecule has 1 heterocycles. The molecule has 1 aliphatic heterocycles. The summed E-state index contributed by atoms with van der Waals surface area (Å²) in [5.74, 6) is -0.650. The highest BCUT2D eigenvalue weighted by Crippen LogP contribution is 2.34. The zero-order chi connectivity index (χ0) is 12.0. The lowest BCUT2D eigenvalue weighted by molar-refractivity contribution is -0.153. The van der Waals surface area contributed by atoms with Crippen LogP contribution in [0.5, 0.6) is 0 Å². The van der Waals surface area contributed by atoms with Gasteiger partial charge in [0.25, 0.3) is 0 Å². The van der Waals surface area contributed by atoms with Crippen LogP contribution in [0.15, 0.2) is 0 Å². The number of aliphatic carboxylic acids is 1. The summed E-state index contributed by atoms with van der Waals surface area (Å²) in [4.78, 5) is 13.6. The smallest absolute Gasteiger partial charge is 0.310 e. The number of carbonyl (C=O) groups is 1. The van der Waals surface area contributed by atoms with Crippen LogP contribution < -0.4 is 0 Å². The summed E-state index contributed by atoms with van der Waals surface area (Å²) >= 11 is 0. The number of carboxylic acid groups (broad SMARTS) is 1. The molecule has 0 saturated carbocycles. The number of hydrogen-bond acceptors (Lipinski definition) is 3. The van der Waals surface area contributed by atoms with E-state index >= 15 is 0 Å². The van der Waals surface area contributed by atoms with E-state index in [0.717, 1.165) is 45.2 Å². The molecule has 16 heavy (non-hydrogen) atoms.